The van der Waals surface area contributed by atoms with Gasteiger partial charge in [0.05, 0.1) is 7.11 Å². The first-order chi connectivity index (χ1) is 3.06. The second kappa shape index (κ2) is 2.28. The van der Waals surface area contributed by atoms with Crippen LogP contribution in [0.5, 0.6) is 0 Å². The average Bonchev–Trinajstić information content (AvgIpc) is 1.30. The van der Waals surface area contributed by atoms with Gasteiger partial charge in [-0.1, -0.05) is 0 Å². The molecule has 0 aliphatic rings. The molecule has 7 heavy (non-hydrogen) atoms. The minimum absolute atomic E-state index is 0.0781. The SMILES string of the molecule is CONC(C)(C)C. The van der Waals surface area contributed by atoms with Crippen molar-refractivity contribution in [2.45, 2.75) is 26.3 Å². The van der Waals surface area contributed by atoms with E-state index >= 15 is 0 Å². The van der Waals surface area contributed by atoms with E-state index in [0.29, 0.717) is 0 Å². The largest absolute Gasteiger partial charge is 0.305 e. The fourth-order valence-corrected chi connectivity index (χ4v) is 0.306. The molecule has 2 nitrogen and oxygen atoms in total. The van der Waals surface area contributed by atoms with Crippen LogP contribution in [-0.2, 0) is 4.84 Å². The van der Waals surface area contributed by atoms with E-state index in [2.05, 4.69) is 10.3 Å². The Morgan fingerprint density at radius 1 is 1.29 bits per heavy atom. The fraction of sp³-hybridized carbons (Fsp3) is 1.00. The van der Waals surface area contributed by atoms with Crippen LogP contribution >= 0.6 is 0 Å². The van der Waals surface area contributed by atoms with Gasteiger partial charge in [-0.2, -0.15) is 5.48 Å². The zero-order chi connectivity index (χ0) is 5.91. The van der Waals surface area contributed by atoms with E-state index in [1.165, 1.54) is 0 Å². The van der Waals surface area contributed by atoms with Crippen molar-refractivity contribution in [2.24, 2.45) is 0 Å². The smallest absolute Gasteiger partial charge is 0.0572 e. The van der Waals surface area contributed by atoms with Crippen LogP contribution in [0.15, 0.2) is 0 Å². The Hall–Kier alpha value is -0.0800. The zero-order valence-electron chi connectivity index (χ0n) is 5.41. The van der Waals surface area contributed by atoms with Crippen molar-refractivity contribution in [1.82, 2.24) is 5.48 Å². The third kappa shape index (κ3) is 5.92. The Morgan fingerprint density at radius 2 is 1.71 bits per heavy atom. The van der Waals surface area contributed by atoms with Crippen molar-refractivity contribution in [3.05, 3.63) is 0 Å². The predicted octanol–water partition coefficient (Wildman–Crippen LogP) is 0.936. The highest BCUT2D eigenvalue weighted by atomic mass is 16.6. The number of nitrogens with one attached hydrogen (secondary N) is 1. The first-order valence-corrected chi connectivity index (χ1v) is 2.36. The van der Waals surface area contributed by atoms with Crippen LogP contribution < -0.4 is 5.48 Å². The Morgan fingerprint density at radius 3 is 1.71 bits per heavy atom. The quantitative estimate of drug-likeness (QED) is 0.498. The molecule has 0 heterocycles. The van der Waals surface area contributed by atoms with Gasteiger partial charge in [-0.25, -0.2) is 0 Å². The van der Waals surface area contributed by atoms with E-state index in [1.807, 2.05) is 20.8 Å². The molecule has 0 saturated heterocycles. The Balaban J connectivity index is 3.15. The van der Waals surface area contributed by atoms with Crippen LogP contribution in [0.2, 0.25) is 0 Å². The van der Waals surface area contributed by atoms with Gasteiger partial charge in [0, 0.05) is 5.54 Å². The first kappa shape index (κ1) is 6.92. The second-order valence-electron chi connectivity index (χ2n) is 2.56. The molecule has 2 heteroatoms. The third-order valence-electron chi connectivity index (χ3n) is 0.408. The van der Waals surface area contributed by atoms with Crippen LogP contribution in [0.4, 0.5) is 0 Å². The molecule has 0 atom stereocenters. The molecular weight excluding hydrogens is 90.1 g/mol. The van der Waals surface area contributed by atoms with E-state index in [0.717, 1.165) is 0 Å². The topological polar surface area (TPSA) is 21.3 Å². The standard InChI is InChI=1S/C5H13NO/c1-5(2,3)6-7-4/h6H,1-4H3. The highest BCUT2D eigenvalue weighted by Crippen LogP contribution is 1.95. The van der Waals surface area contributed by atoms with E-state index < -0.39 is 0 Å². The van der Waals surface area contributed by atoms with Gasteiger partial charge in [0.15, 0.2) is 0 Å². The molecule has 0 radical (unpaired) electrons. The van der Waals surface area contributed by atoms with Crippen molar-refractivity contribution in [1.29, 1.82) is 0 Å². The molecule has 44 valence electrons. The van der Waals surface area contributed by atoms with E-state index in [4.69, 9.17) is 0 Å². The highest BCUT2D eigenvalue weighted by Gasteiger charge is 2.05. The van der Waals surface area contributed by atoms with Crippen molar-refractivity contribution < 1.29 is 4.84 Å². The fourth-order valence-electron chi connectivity index (χ4n) is 0.306. The van der Waals surface area contributed by atoms with Gasteiger partial charge in [0.25, 0.3) is 0 Å². The van der Waals surface area contributed by atoms with Gasteiger partial charge in [-0.3, -0.25) is 0 Å². The summed E-state index contributed by atoms with van der Waals surface area (Å²) in [6.07, 6.45) is 0. The molecule has 0 spiro atoms. The highest BCUT2D eigenvalue weighted by molar-refractivity contribution is 4.62. The van der Waals surface area contributed by atoms with Crippen molar-refractivity contribution in [3.63, 3.8) is 0 Å². The van der Waals surface area contributed by atoms with Crippen molar-refractivity contribution in [2.75, 3.05) is 7.11 Å². The van der Waals surface area contributed by atoms with Crippen molar-refractivity contribution in [3.8, 4) is 0 Å². The summed E-state index contributed by atoms with van der Waals surface area (Å²) in [6.45, 7) is 6.11. The first-order valence-electron chi connectivity index (χ1n) is 2.36. The minimum atomic E-state index is 0.0781. The monoisotopic (exact) mass is 103 g/mol. The molecule has 0 aromatic carbocycles. The summed E-state index contributed by atoms with van der Waals surface area (Å²) in [5.74, 6) is 0. The van der Waals surface area contributed by atoms with Gasteiger partial charge < -0.3 is 4.84 Å². The number of hydrogen-bond acceptors (Lipinski definition) is 2. The maximum atomic E-state index is 4.66. The Bertz CT molecular complexity index is 46.5. The third-order valence-corrected chi connectivity index (χ3v) is 0.408. The molecule has 0 rings (SSSR count). The molecule has 0 fully saturated rings. The Labute approximate surface area is 44.8 Å². The van der Waals surface area contributed by atoms with Gasteiger partial charge in [-0.05, 0) is 20.8 Å². The lowest BCUT2D eigenvalue weighted by molar-refractivity contribution is 0.0348. The van der Waals surface area contributed by atoms with Gasteiger partial charge in [0.2, 0.25) is 0 Å². The molecular formula is C5H13NO. The molecule has 0 aromatic rings. The summed E-state index contributed by atoms with van der Waals surface area (Å²) in [7, 11) is 1.62. The van der Waals surface area contributed by atoms with Gasteiger partial charge in [-0.15, -0.1) is 0 Å². The maximum absolute atomic E-state index is 4.66. The van der Waals surface area contributed by atoms with E-state index in [-0.39, 0.29) is 5.54 Å². The molecule has 0 saturated carbocycles. The van der Waals surface area contributed by atoms with Crippen LogP contribution in [0.1, 0.15) is 20.8 Å². The predicted molar refractivity (Wildman–Crippen MR) is 29.9 cm³/mol. The summed E-state index contributed by atoms with van der Waals surface area (Å²) in [6, 6.07) is 0. The van der Waals surface area contributed by atoms with Gasteiger partial charge in [0.1, 0.15) is 0 Å². The van der Waals surface area contributed by atoms with Crippen LogP contribution in [0.3, 0.4) is 0 Å². The number of rotatable bonds is 1. The summed E-state index contributed by atoms with van der Waals surface area (Å²) >= 11 is 0. The molecule has 0 amide bonds. The normalized spacial score (nSPS) is 12.0. The zero-order valence-corrected chi connectivity index (χ0v) is 5.41. The lowest BCUT2D eigenvalue weighted by atomic mass is 10.1. The lowest BCUT2D eigenvalue weighted by Gasteiger charge is -2.17. The van der Waals surface area contributed by atoms with E-state index in [1.54, 1.807) is 7.11 Å². The van der Waals surface area contributed by atoms with Crippen LogP contribution in [0.25, 0.3) is 0 Å². The summed E-state index contributed by atoms with van der Waals surface area (Å²) in [4.78, 5) is 4.66. The summed E-state index contributed by atoms with van der Waals surface area (Å²) < 4.78 is 0. The molecule has 0 unspecified atom stereocenters. The average molecular weight is 103 g/mol. The van der Waals surface area contributed by atoms with Crippen LogP contribution in [-0.4, -0.2) is 12.6 Å². The molecule has 1 N–H and O–H groups in total. The molecule has 0 aliphatic heterocycles. The Kier molecular flexibility index (Phi) is 2.26. The van der Waals surface area contributed by atoms with Crippen molar-refractivity contribution >= 4 is 0 Å². The number of hydrogen-bond donors (Lipinski definition) is 1. The molecule has 0 aliphatic carbocycles. The molecule has 0 bridgehead atoms. The number of hydroxylamine groups is 1. The lowest BCUT2D eigenvalue weighted by Crippen LogP contribution is -2.34. The van der Waals surface area contributed by atoms with Crippen LogP contribution in [0, 0.1) is 0 Å². The van der Waals surface area contributed by atoms with E-state index in [9.17, 15) is 0 Å². The minimum Gasteiger partial charge on any atom is -0.305 e. The summed E-state index contributed by atoms with van der Waals surface area (Å²) in [5.41, 5.74) is 2.86. The maximum Gasteiger partial charge on any atom is 0.0572 e. The second-order valence-corrected chi connectivity index (χ2v) is 2.56. The summed E-state index contributed by atoms with van der Waals surface area (Å²) in [5, 5.41) is 0. The molecule has 0 aromatic heterocycles. The van der Waals surface area contributed by atoms with Gasteiger partial charge >= 0.3 is 0 Å².